The number of halogens is 1. The van der Waals surface area contributed by atoms with Crippen molar-refractivity contribution in [2.75, 3.05) is 0 Å². The largest absolute Gasteiger partial charge is 0.223 e. The molecule has 0 aromatic heterocycles. The van der Waals surface area contributed by atoms with Gasteiger partial charge in [-0.2, -0.15) is 14.0 Å². The van der Waals surface area contributed by atoms with Gasteiger partial charge in [-0.1, -0.05) is 20.8 Å². The van der Waals surface area contributed by atoms with Crippen LogP contribution < -0.4 is 14.0 Å². The maximum atomic E-state index is 10.3. The van der Waals surface area contributed by atoms with E-state index in [4.69, 9.17) is 0 Å². The molecule has 0 bridgehead atoms. The molecule has 0 aliphatic heterocycles. The zero-order valence-corrected chi connectivity index (χ0v) is 8.39. The maximum absolute atomic E-state index is 10.3. The lowest BCUT2D eigenvalue weighted by atomic mass is 9.95. The smallest absolute Gasteiger partial charge is 0.183 e. The minimum absolute atomic E-state index is 0.522. The van der Waals surface area contributed by atoms with Crippen LogP contribution in [0.15, 0.2) is 0 Å². The molecule has 12 heavy (non-hydrogen) atoms. The van der Waals surface area contributed by atoms with Gasteiger partial charge in [0.2, 0.25) is 5.60 Å². The molecule has 0 unspecified atom stereocenters. The first-order valence-corrected chi connectivity index (χ1v) is 5.24. The molecule has 0 rings (SSSR count). The fraction of sp³-hybridized carbons (Fsp3) is 1.00. The van der Waals surface area contributed by atoms with Crippen molar-refractivity contribution < 1.29 is 28.5 Å². The van der Waals surface area contributed by atoms with E-state index in [1.54, 1.807) is 20.8 Å². The standard InChI is InChI=1S/C7H15ClO4/c1-4-7(5-2,6-3)12-8(9,10)11/h4-6H2,1-3H3. The Morgan fingerprint density at radius 3 is 1.42 bits per heavy atom. The third-order valence-electron chi connectivity index (χ3n) is 2.19. The van der Waals surface area contributed by atoms with Crippen LogP contribution in [-0.4, -0.2) is 5.60 Å². The van der Waals surface area contributed by atoms with E-state index in [0.29, 0.717) is 19.3 Å². The molecular weight excluding hydrogens is 184 g/mol. The Balaban J connectivity index is 4.30. The minimum Gasteiger partial charge on any atom is -0.183 e. The molecule has 0 N–H and O–H groups in total. The molecule has 0 aliphatic rings. The van der Waals surface area contributed by atoms with E-state index in [-0.39, 0.29) is 0 Å². The lowest BCUT2D eigenvalue weighted by Gasteiger charge is -2.26. The van der Waals surface area contributed by atoms with Crippen molar-refractivity contribution in [2.24, 2.45) is 0 Å². The highest BCUT2D eigenvalue weighted by Gasteiger charge is 2.41. The number of hydrogen-bond acceptors (Lipinski definition) is 4. The summed E-state index contributed by atoms with van der Waals surface area (Å²) >= 11 is 0. The summed E-state index contributed by atoms with van der Waals surface area (Å²) in [6.07, 6.45) is 1.57. The van der Waals surface area contributed by atoms with Crippen LogP contribution in [0.5, 0.6) is 0 Å². The summed E-state index contributed by atoms with van der Waals surface area (Å²) in [7, 11) is -4.30. The Hall–Kier alpha value is 0.130. The lowest BCUT2D eigenvalue weighted by molar-refractivity contribution is -1.92. The molecule has 0 fully saturated rings. The first kappa shape index (κ1) is 12.1. The molecule has 0 atom stereocenters. The lowest BCUT2D eigenvalue weighted by Crippen LogP contribution is -2.64. The van der Waals surface area contributed by atoms with E-state index >= 15 is 0 Å². The van der Waals surface area contributed by atoms with Gasteiger partial charge in [-0.15, -0.1) is 0 Å². The highest BCUT2D eigenvalue weighted by Crippen LogP contribution is 2.26. The molecule has 0 spiro atoms. The SMILES string of the molecule is CCC(CC)(CC)O[Cl+3]([O-])([O-])[O-]. The summed E-state index contributed by atoms with van der Waals surface area (Å²) in [6, 6.07) is 0. The van der Waals surface area contributed by atoms with Crippen molar-refractivity contribution in [3.8, 4) is 0 Å². The zero-order valence-electron chi connectivity index (χ0n) is 7.63. The van der Waals surface area contributed by atoms with Crippen molar-refractivity contribution in [1.82, 2.24) is 0 Å². The van der Waals surface area contributed by atoms with Crippen molar-refractivity contribution >= 4 is 0 Å². The summed E-state index contributed by atoms with van der Waals surface area (Å²) in [5.41, 5.74) is -0.803. The van der Waals surface area contributed by atoms with Crippen molar-refractivity contribution in [1.29, 1.82) is 0 Å². The molecule has 5 heteroatoms. The van der Waals surface area contributed by atoms with Gasteiger partial charge in [-0.3, -0.25) is 0 Å². The van der Waals surface area contributed by atoms with Crippen LogP contribution in [0.1, 0.15) is 40.0 Å². The van der Waals surface area contributed by atoms with Crippen molar-refractivity contribution in [3.05, 3.63) is 0 Å². The van der Waals surface area contributed by atoms with Gasteiger partial charge in [0.15, 0.2) is 0 Å². The fourth-order valence-corrected chi connectivity index (χ4v) is 1.84. The topological polar surface area (TPSA) is 78.4 Å². The van der Waals surface area contributed by atoms with E-state index in [0.717, 1.165) is 0 Å². The quantitative estimate of drug-likeness (QED) is 0.560. The summed E-state index contributed by atoms with van der Waals surface area (Å²) < 4.78 is 35.4. The summed E-state index contributed by atoms with van der Waals surface area (Å²) in [5, 5.41) is 0. The predicted molar refractivity (Wildman–Crippen MR) is 34.7 cm³/mol. The monoisotopic (exact) mass is 198 g/mol. The molecular formula is C7H15ClO4. The Labute approximate surface area is 74.9 Å². The molecule has 0 saturated carbocycles. The summed E-state index contributed by atoms with van der Waals surface area (Å²) in [5.74, 6) is 0. The Morgan fingerprint density at radius 1 is 1.00 bits per heavy atom. The van der Waals surface area contributed by atoms with Gasteiger partial charge in [0, 0.05) is 0 Å². The average Bonchev–Trinajstić information content (AvgIpc) is 1.99. The molecule has 0 radical (unpaired) electrons. The van der Waals surface area contributed by atoms with Crippen LogP contribution in [0.3, 0.4) is 0 Å². The van der Waals surface area contributed by atoms with Crippen LogP contribution >= 0.6 is 0 Å². The predicted octanol–water partition coefficient (Wildman–Crippen LogP) is -1.13. The Bertz CT molecular complexity index is 120. The van der Waals surface area contributed by atoms with Gasteiger partial charge in [0.25, 0.3) is 0 Å². The molecule has 0 saturated heterocycles. The van der Waals surface area contributed by atoms with E-state index in [1.807, 2.05) is 0 Å². The number of hydrogen-bond donors (Lipinski definition) is 0. The molecule has 0 aromatic rings. The maximum Gasteiger partial charge on any atom is 0.223 e. The van der Waals surface area contributed by atoms with Gasteiger partial charge in [-0.05, 0) is 19.3 Å². The third kappa shape index (κ3) is 3.69. The second-order valence-electron chi connectivity index (χ2n) is 2.70. The second kappa shape index (κ2) is 4.39. The Kier molecular flexibility index (Phi) is 4.44. The van der Waals surface area contributed by atoms with Crippen molar-refractivity contribution in [2.45, 2.75) is 45.6 Å². The minimum atomic E-state index is -4.30. The van der Waals surface area contributed by atoms with Crippen molar-refractivity contribution in [3.63, 3.8) is 0 Å². The van der Waals surface area contributed by atoms with E-state index < -0.39 is 15.8 Å². The molecule has 0 aromatic carbocycles. The van der Waals surface area contributed by atoms with Crippen LogP contribution in [0, 0.1) is 10.2 Å². The van der Waals surface area contributed by atoms with Gasteiger partial charge in [-0.25, -0.2) is 0 Å². The first-order chi connectivity index (χ1) is 5.39. The van der Waals surface area contributed by atoms with Gasteiger partial charge >= 0.3 is 0 Å². The zero-order chi connectivity index (χ0) is 9.83. The third-order valence-corrected chi connectivity index (χ3v) is 2.71. The number of rotatable bonds is 5. The summed E-state index contributed by atoms with van der Waals surface area (Å²) in [6.45, 7) is 5.40. The van der Waals surface area contributed by atoms with Gasteiger partial charge in [0.05, 0.1) is 14.5 Å². The molecule has 0 aliphatic carbocycles. The van der Waals surface area contributed by atoms with Gasteiger partial charge < -0.3 is 0 Å². The molecule has 0 amide bonds. The molecule has 0 heterocycles. The van der Waals surface area contributed by atoms with Crippen LogP contribution in [0.2, 0.25) is 0 Å². The van der Waals surface area contributed by atoms with Gasteiger partial charge in [0.1, 0.15) is 0 Å². The summed E-state index contributed by atoms with van der Waals surface area (Å²) in [4.78, 5) is 0. The van der Waals surface area contributed by atoms with Crippen LogP contribution in [-0.2, 0) is 4.29 Å². The highest BCUT2D eigenvalue weighted by molar-refractivity contribution is 4.73. The average molecular weight is 199 g/mol. The van der Waals surface area contributed by atoms with E-state index in [1.165, 1.54) is 0 Å². The van der Waals surface area contributed by atoms with E-state index in [2.05, 4.69) is 4.29 Å². The Morgan fingerprint density at radius 2 is 1.33 bits per heavy atom. The highest BCUT2D eigenvalue weighted by atomic mass is 35.7. The normalized spacial score (nSPS) is 13.5. The van der Waals surface area contributed by atoms with E-state index in [9.17, 15) is 14.0 Å². The van der Waals surface area contributed by atoms with Crippen LogP contribution in [0.25, 0.3) is 0 Å². The fourth-order valence-electron chi connectivity index (χ4n) is 1.11. The second-order valence-corrected chi connectivity index (χ2v) is 3.61. The molecule has 4 nitrogen and oxygen atoms in total. The first-order valence-electron chi connectivity index (χ1n) is 4.00. The van der Waals surface area contributed by atoms with Crippen LogP contribution in [0.4, 0.5) is 0 Å². The molecule has 74 valence electrons.